The van der Waals surface area contributed by atoms with Crippen LogP contribution in [0.5, 0.6) is 0 Å². The Hall–Kier alpha value is -1.56. The molecular formula is C12H17BrN4O. The molecule has 0 atom stereocenters. The fraction of sp³-hybridized carbons (Fsp3) is 0.333. The zero-order valence-electron chi connectivity index (χ0n) is 10.6. The minimum absolute atomic E-state index is 0.0258. The van der Waals surface area contributed by atoms with Crippen molar-refractivity contribution in [3.8, 4) is 0 Å². The molecule has 1 aromatic carbocycles. The summed E-state index contributed by atoms with van der Waals surface area (Å²) < 4.78 is 0.719. The van der Waals surface area contributed by atoms with Crippen molar-refractivity contribution in [3.63, 3.8) is 0 Å². The molecule has 4 N–H and O–H groups in total. The second kappa shape index (κ2) is 5.86. The summed E-state index contributed by atoms with van der Waals surface area (Å²) in [5.41, 5.74) is 6.96. The highest BCUT2D eigenvalue weighted by Crippen LogP contribution is 2.29. The Morgan fingerprint density at radius 1 is 1.50 bits per heavy atom. The summed E-state index contributed by atoms with van der Waals surface area (Å²) in [6, 6.07) is 5.09. The smallest absolute Gasteiger partial charge is 0.329 e. The Morgan fingerprint density at radius 3 is 2.56 bits per heavy atom. The molecule has 0 aliphatic carbocycles. The lowest BCUT2D eigenvalue weighted by Crippen LogP contribution is -2.49. The number of carbonyl (C=O) groups excluding carboxylic acids is 1. The Bertz CT molecular complexity index is 453. The monoisotopic (exact) mass is 312 g/mol. The van der Waals surface area contributed by atoms with Gasteiger partial charge < -0.3 is 11.1 Å². The molecular weight excluding hydrogens is 296 g/mol. The molecule has 0 spiro atoms. The van der Waals surface area contributed by atoms with Gasteiger partial charge in [-0.25, -0.2) is 9.69 Å². The first-order valence-electron chi connectivity index (χ1n) is 5.54. The largest absolute Gasteiger partial charge is 0.369 e. The van der Waals surface area contributed by atoms with Crippen molar-refractivity contribution < 1.29 is 4.79 Å². The highest BCUT2D eigenvalue weighted by atomic mass is 79.9. The molecule has 0 aliphatic heterocycles. The zero-order valence-corrected chi connectivity index (χ0v) is 12.2. The predicted octanol–water partition coefficient (Wildman–Crippen LogP) is 2.58. The SMILES string of the molecule is Cc1cccc(Br)c1N(C(=N)N)C(=O)NC(C)C. The van der Waals surface area contributed by atoms with Crippen LogP contribution in [0.1, 0.15) is 19.4 Å². The number of carbonyl (C=O) groups is 1. The number of guanidine groups is 1. The Labute approximate surface area is 115 Å². The van der Waals surface area contributed by atoms with Crippen LogP contribution in [0.15, 0.2) is 22.7 Å². The molecule has 0 bridgehead atoms. The molecule has 0 aliphatic rings. The lowest BCUT2D eigenvalue weighted by Gasteiger charge is -2.25. The fourth-order valence-electron chi connectivity index (χ4n) is 1.55. The number of nitrogens with two attached hydrogens (primary N) is 1. The van der Waals surface area contributed by atoms with Crippen molar-refractivity contribution in [2.45, 2.75) is 26.8 Å². The molecule has 5 nitrogen and oxygen atoms in total. The van der Waals surface area contributed by atoms with E-state index in [0.29, 0.717) is 5.69 Å². The van der Waals surface area contributed by atoms with Gasteiger partial charge in [0.15, 0.2) is 0 Å². The minimum Gasteiger partial charge on any atom is -0.369 e. The molecule has 2 amide bonds. The lowest BCUT2D eigenvalue weighted by molar-refractivity contribution is 0.246. The number of benzene rings is 1. The number of nitrogens with one attached hydrogen (secondary N) is 2. The molecule has 1 aromatic rings. The maximum atomic E-state index is 12.1. The summed E-state index contributed by atoms with van der Waals surface area (Å²) in [5.74, 6) is -0.317. The van der Waals surface area contributed by atoms with Gasteiger partial charge in [-0.2, -0.15) is 0 Å². The third kappa shape index (κ3) is 3.22. The number of halogens is 1. The van der Waals surface area contributed by atoms with E-state index in [1.165, 1.54) is 0 Å². The van der Waals surface area contributed by atoms with Crippen molar-refractivity contribution in [2.75, 3.05) is 4.90 Å². The molecule has 0 radical (unpaired) electrons. The zero-order chi connectivity index (χ0) is 13.9. The van der Waals surface area contributed by atoms with Gasteiger partial charge in [0.25, 0.3) is 0 Å². The third-order valence-electron chi connectivity index (χ3n) is 2.27. The second-order valence-electron chi connectivity index (χ2n) is 4.23. The first kappa shape index (κ1) is 14.5. The normalized spacial score (nSPS) is 10.3. The Morgan fingerprint density at radius 2 is 2.11 bits per heavy atom. The van der Waals surface area contributed by atoms with Crippen molar-refractivity contribution >= 4 is 33.6 Å². The van der Waals surface area contributed by atoms with E-state index in [-0.39, 0.29) is 12.0 Å². The van der Waals surface area contributed by atoms with Crippen LogP contribution in [0, 0.1) is 12.3 Å². The number of anilines is 1. The van der Waals surface area contributed by atoms with E-state index in [2.05, 4.69) is 21.2 Å². The van der Waals surface area contributed by atoms with Crippen LogP contribution in [-0.4, -0.2) is 18.0 Å². The number of hydrogen-bond acceptors (Lipinski definition) is 2. The molecule has 0 aromatic heterocycles. The molecule has 1 rings (SSSR count). The topological polar surface area (TPSA) is 82.2 Å². The van der Waals surface area contributed by atoms with Crippen molar-refractivity contribution in [1.29, 1.82) is 5.41 Å². The molecule has 0 heterocycles. The summed E-state index contributed by atoms with van der Waals surface area (Å²) in [4.78, 5) is 13.2. The number of rotatable bonds is 2. The van der Waals surface area contributed by atoms with Crippen molar-refractivity contribution in [3.05, 3.63) is 28.2 Å². The van der Waals surface area contributed by atoms with Crippen molar-refractivity contribution in [2.24, 2.45) is 5.73 Å². The molecule has 0 fully saturated rings. The van der Waals surface area contributed by atoms with Crippen LogP contribution < -0.4 is 16.0 Å². The van der Waals surface area contributed by atoms with Gasteiger partial charge in [0.1, 0.15) is 0 Å². The van der Waals surface area contributed by atoms with Gasteiger partial charge in [0.05, 0.1) is 5.69 Å². The van der Waals surface area contributed by atoms with Gasteiger partial charge in [-0.05, 0) is 48.3 Å². The van der Waals surface area contributed by atoms with E-state index in [9.17, 15) is 4.79 Å². The van der Waals surface area contributed by atoms with Gasteiger partial charge in [-0.15, -0.1) is 0 Å². The summed E-state index contributed by atoms with van der Waals surface area (Å²) in [7, 11) is 0. The van der Waals surface area contributed by atoms with Gasteiger partial charge in [0.2, 0.25) is 5.96 Å². The third-order valence-corrected chi connectivity index (χ3v) is 2.91. The first-order chi connectivity index (χ1) is 8.34. The van der Waals surface area contributed by atoms with Crippen LogP contribution in [0.3, 0.4) is 0 Å². The van der Waals surface area contributed by atoms with Gasteiger partial charge in [0, 0.05) is 10.5 Å². The second-order valence-corrected chi connectivity index (χ2v) is 5.08. The average molecular weight is 313 g/mol. The molecule has 0 saturated heterocycles. The van der Waals surface area contributed by atoms with Crippen LogP contribution in [0.4, 0.5) is 10.5 Å². The molecule has 0 unspecified atom stereocenters. The number of para-hydroxylation sites is 1. The maximum absolute atomic E-state index is 12.1. The molecule has 98 valence electrons. The minimum atomic E-state index is -0.410. The van der Waals surface area contributed by atoms with E-state index in [1.54, 1.807) is 6.07 Å². The van der Waals surface area contributed by atoms with E-state index in [0.717, 1.165) is 14.9 Å². The van der Waals surface area contributed by atoms with E-state index >= 15 is 0 Å². The summed E-state index contributed by atoms with van der Waals surface area (Å²) in [6.07, 6.45) is 0. The highest BCUT2D eigenvalue weighted by molar-refractivity contribution is 9.10. The molecule has 6 heteroatoms. The lowest BCUT2D eigenvalue weighted by atomic mass is 10.2. The fourth-order valence-corrected chi connectivity index (χ4v) is 2.19. The van der Waals surface area contributed by atoms with Crippen LogP contribution >= 0.6 is 15.9 Å². The van der Waals surface area contributed by atoms with Gasteiger partial charge in [-0.3, -0.25) is 5.41 Å². The summed E-state index contributed by atoms with van der Waals surface area (Å²) >= 11 is 3.38. The Balaban J connectivity index is 3.21. The van der Waals surface area contributed by atoms with Crippen LogP contribution in [0.2, 0.25) is 0 Å². The van der Waals surface area contributed by atoms with Gasteiger partial charge >= 0.3 is 6.03 Å². The van der Waals surface area contributed by atoms with Gasteiger partial charge in [-0.1, -0.05) is 12.1 Å². The molecule has 18 heavy (non-hydrogen) atoms. The van der Waals surface area contributed by atoms with E-state index in [4.69, 9.17) is 11.1 Å². The quantitative estimate of drug-likeness (QED) is 0.579. The highest BCUT2D eigenvalue weighted by Gasteiger charge is 2.22. The van der Waals surface area contributed by atoms with Crippen LogP contribution in [-0.2, 0) is 0 Å². The Kier molecular flexibility index (Phi) is 4.72. The molecule has 0 saturated carbocycles. The van der Waals surface area contributed by atoms with E-state index in [1.807, 2.05) is 32.9 Å². The van der Waals surface area contributed by atoms with E-state index < -0.39 is 6.03 Å². The number of amides is 2. The first-order valence-corrected chi connectivity index (χ1v) is 6.33. The number of hydrogen-bond donors (Lipinski definition) is 3. The standard InChI is InChI=1S/C12H17BrN4O/c1-7(2)16-12(18)17(11(14)15)10-8(3)5-4-6-9(10)13/h4-7H,1-3H3,(H3,14,15)(H,16,18). The number of urea groups is 1. The summed E-state index contributed by atoms with van der Waals surface area (Å²) in [6.45, 7) is 5.56. The average Bonchev–Trinajstić information content (AvgIpc) is 2.21. The predicted molar refractivity (Wildman–Crippen MR) is 76.9 cm³/mol. The number of aryl methyl sites for hydroxylation is 1. The summed E-state index contributed by atoms with van der Waals surface area (Å²) in [5, 5.41) is 10.3. The van der Waals surface area contributed by atoms with Crippen molar-refractivity contribution in [1.82, 2.24) is 5.32 Å². The van der Waals surface area contributed by atoms with Crippen LogP contribution in [0.25, 0.3) is 0 Å². The maximum Gasteiger partial charge on any atom is 0.329 e. The number of nitrogens with zero attached hydrogens (tertiary/aromatic N) is 1.